The molecule has 0 bridgehead atoms. The summed E-state index contributed by atoms with van der Waals surface area (Å²) in [6.45, 7) is 2.32. The van der Waals surface area contributed by atoms with Crippen molar-refractivity contribution in [1.82, 2.24) is 19.9 Å². The number of aromatic nitrogens is 3. The molecule has 0 aromatic carbocycles. The van der Waals surface area contributed by atoms with Gasteiger partial charge in [0.05, 0.1) is 17.1 Å². The molecule has 0 N–H and O–H groups in total. The summed E-state index contributed by atoms with van der Waals surface area (Å²) in [4.78, 5) is 15.6. The first kappa shape index (κ1) is 17.3. The first-order chi connectivity index (χ1) is 10.9. The van der Waals surface area contributed by atoms with Gasteiger partial charge in [0.15, 0.2) is 0 Å². The number of hydrogen-bond acceptors (Lipinski definition) is 4. The molecule has 118 valence electrons. The van der Waals surface area contributed by atoms with Crippen LogP contribution < -0.4 is 0 Å². The minimum atomic E-state index is 0. The molecular weight excluding hydrogens is 328 g/mol. The maximum Gasteiger partial charge on any atom is 0.0544 e. The van der Waals surface area contributed by atoms with E-state index in [4.69, 9.17) is 0 Å². The molecule has 0 aliphatic rings. The van der Waals surface area contributed by atoms with Gasteiger partial charge < -0.3 is 0 Å². The van der Waals surface area contributed by atoms with E-state index in [1.54, 1.807) is 0 Å². The van der Waals surface area contributed by atoms with Gasteiger partial charge in [0.1, 0.15) is 0 Å². The van der Waals surface area contributed by atoms with Crippen molar-refractivity contribution in [3.8, 4) is 0 Å². The van der Waals surface area contributed by atoms with Crippen molar-refractivity contribution in [2.45, 2.75) is 19.6 Å². The van der Waals surface area contributed by atoms with E-state index >= 15 is 0 Å². The van der Waals surface area contributed by atoms with Gasteiger partial charge in [-0.3, -0.25) is 19.9 Å². The van der Waals surface area contributed by atoms with Crippen molar-refractivity contribution in [1.29, 1.82) is 0 Å². The van der Waals surface area contributed by atoms with Crippen LogP contribution in [0.5, 0.6) is 0 Å². The van der Waals surface area contributed by atoms with E-state index in [9.17, 15) is 0 Å². The van der Waals surface area contributed by atoms with E-state index in [0.29, 0.717) is 0 Å². The first-order valence-electron chi connectivity index (χ1n) is 7.32. The number of hydrogen-bond donors (Lipinski definition) is 0. The van der Waals surface area contributed by atoms with Crippen molar-refractivity contribution in [2.75, 3.05) is 0 Å². The summed E-state index contributed by atoms with van der Waals surface area (Å²) in [6, 6.07) is 18.0. The maximum absolute atomic E-state index is 4.42. The topological polar surface area (TPSA) is 41.9 Å². The minimum absolute atomic E-state index is 0. The van der Waals surface area contributed by atoms with Gasteiger partial charge in [0.25, 0.3) is 0 Å². The van der Waals surface area contributed by atoms with E-state index in [1.807, 2.05) is 73.2 Å². The maximum atomic E-state index is 4.42. The summed E-state index contributed by atoms with van der Waals surface area (Å²) in [5.41, 5.74) is 3.15. The van der Waals surface area contributed by atoms with Gasteiger partial charge in [-0.1, -0.05) is 18.2 Å². The first-order valence-corrected chi connectivity index (χ1v) is 7.32. The Bertz CT molecular complexity index is 578. The van der Waals surface area contributed by atoms with Crippen LogP contribution in [0.25, 0.3) is 0 Å². The summed E-state index contributed by atoms with van der Waals surface area (Å²) >= 11 is 0. The molecule has 3 heterocycles. The van der Waals surface area contributed by atoms with Gasteiger partial charge in [0.2, 0.25) is 0 Å². The molecule has 5 heteroatoms. The molecule has 0 radical (unpaired) electrons. The average molecular weight is 346 g/mol. The monoisotopic (exact) mass is 346 g/mol. The molecule has 3 aromatic heterocycles. The van der Waals surface area contributed by atoms with E-state index in [0.717, 1.165) is 36.7 Å². The normalized spacial score (nSPS) is 10.3. The van der Waals surface area contributed by atoms with Crippen molar-refractivity contribution < 1.29 is 17.1 Å². The molecular formula is C18H18FeN4. The number of pyridine rings is 3. The van der Waals surface area contributed by atoms with Gasteiger partial charge in [-0.15, -0.1) is 0 Å². The number of nitrogens with zero attached hydrogens (tertiary/aromatic N) is 4. The zero-order chi connectivity index (χ0) is 15.0. The van der Waals surface area contributed by atoms with Crippen molar-refractivity contribution in [3.05, 3.63) is 90.3 Å². The quantitative estimate of drug-likeness (QED) is 0.644. The van der Waals surface area contributed by atoms with Gasteiger partial charge in [-0.2, -0.15) is 0 Å². The van der Waals surface area contributed by atoms with Crippen LogP contribution in [0.4, 0.5) is 0 Å². The van der Waals surface area contributed by atoms with Crippen LogP contribution in [-0.2, 0) is 36.7 Å². The molecule has 0 fully saturated rings. The van der Waals surface area contributed by atoms with Crippen LogP contribution in [0.15, 0.2) is 73.2 Å². The fourth-order valence-corrected chi connectivity index (χ4v) is 2.33. The van der Waals surface area contributed by atoms with E-state index < -0.39 is 0 Å². The molecule has 0 aliphatic heterocycles. The molecule has 0 unspecified atom stereocenters. The Morgan fingerprint density at radius 3 is 1.17 bits per heavy atom. The zero-order valence-corrected chi connectivity index (χ0v) is 13.8. The molecule has 0 saturated carbocycles. The Balaban J connectivity index is 0.00000192. The summed E-state index contributed by atoms with van der Waals surface area (Å²) < 4.78 is 0. The Morgan fingerprint density at radius 1 is 0.565 bits per heavy atom. The smallest absolute Gasteiger partial charge is 0.0544 e. The Labute approximate surface area is 147 Å². The largest absolute Gasteiger partial charge is 0.286 e. The third kappa shape index (κ3) is 5.57. The van der Waals surface area contributed by atoms with Crippen LogP contribution in [0, 0.1) is 0 Å². The Kier molecular flexibility index (Phi) is 6.88. The fraction of sp³-hybridized carbons (Fsp3) is 0.167. The third-order valence-corrected chi connectivity index (χ3v) is 3.34. The minimum Gasteiger partial charge on any atom is -0.286 e. The second-order valence-corrected chi connectivity index (χ2v) is 5.11. The molecule has 0 spiro atoms. The molecule has 0 saturated heterocycles. The summed E-state index contributed by atoms with van der Waals surface area (Å²) in [5.74, 6) is 0. The predicted octanol–water partition coefficient (Wildman–Crippen LogP) is 3.07. The average Bonchev–Trinajstić information content (AvgIpc) is 2.57. The van der Waals surface area contributed by atoms with Gasteiger partial charge in [-0.25, -0.2) is 0 Å². The summed E-state index contributed by atoms with van der Waals surface area (Å²) in [7, 11) is 0. The summed E-state index contributed by atoms with van der Waals surface area (Å²) in [5, 5.41) is 0. The Morgan fingerprint density at radius 2 is 0.913 bits per heavy atom. The van der Waals surface area contributed by atoms with Crippen molar-refractivity contribution in [3.63, 3.8) is 0 Å². The van der Waals surface area contributed by atoms with Crippen LogP contribution in [0.1, 0.15) is 17.1 Å². The van der Waals surface area contributed by atoms with Gasteiger partial charge in [0, 0.05) is 55.3 Å². The Hall–Kier alpha value is -2.07. The second kappa shape index (κ2) is 9.15. The van der Waals surface area contributed by atoms with Crippen LogP contribution in [0.2, 0.25) is 0 Å². The second-order valence-electron chi connectivity index (χ2n) is 5.11. The van der Waals surface area contributed by atoms with Crippen molar-refractivity contribution in [2.24, 2.45) is 0 Å². The van der Waals surface area contributed by atoms with E-state index in [2.05, 4.69) is 19.9 Å². The zero-order valence-electron chi connectivity index (χ0n) is 12.7. The molecule has 23 heavy (non-hydrogen) atoms. The van der Waals surface area contributed by atoms with Crippen LogP contribution >= 0.6 is 0 Å². The van der Waals surface area contributed by atoms with Crippen LogP contribution in [-0.4, -0.2) is 19.9 Å². The summed E-state index contributed by atoms with van der Waals surface area (Å²) in [6.07, 6.45) is 5.49. The molecule has 3 aromatic rings. The third-order valence-electron chi connectivity index (χ3n) is 3.34. The fourth-order valence-electron chi connectivity index (χ4n) is 2.33. The SMILES string of the molecule is [Fe].c1ccc(CN(Cc2ccccn2)Cc2ccccn2)nc1. The molecule has 4 nitrogen and oxygen atoms in total. The molecule has 3 rings (SSSR count). The standard InChI is InChI=1S/C18H18N4.Fe/c1-4-10-19-16(7-1)13-22(14-17-8-2-5-11-20-17)15-18-9-3-6-12-21-18;/h1-12H,13-15H2;. The molecule has 0 atom stereocenters. The van der Waals surface area contributed by atoms with Gasteiger partial charge >= 0.3 is 0 Å². The molecule has 0 aliphatic carbocycles. The molecule has 0 amide bonds. The van der Waals surface area contributed by atoms with E-state index in [1.165, 1.54) is 0 Å². The van der Waals surface area contributed by atoms with Crippen LogP contribution in [0.3, 0.4) is 0 Å². The van der Waals surface area contributed by atoms with Crippen molar-refractivity contribution >= 4 is 0 Å². The van der Waals surface area contributed by atoms with E-state index in [-0.39, 0.29) is 17.1 Å². The van der Waals surface area contributed by atoms with Gasteiger partial charge in [-0.05, 0) is 36.4 Å². The number of rotatable bonds is 6. The predicted molar refractivity (Wildman–Crippen MR) is 85.7 cm³/mol.